The maximum atomic E-state index is 13.5. The Morgan fingerprint density at radius 2 is 1.24 bits per heavy atom. The van der Waals surface area contributed by atoms with Gasteiger partial charge in [0, 0.05) is 38.2 Å². The van der Waals surface area contributed by atoms with Crippen LogP contribution in [0.25, 0.3) is 10.9 Å². The Kier molecular flexibility index (Phi) is 7.49. The lowest BCUT2D eigenvalue weighted by Gasteiger charge is -2.35. The number of hydrogen-bond acceptors (Lipinski definition) is 5. The summed E-state index contributed by atoms with van der Waals surface area (Å²) in [5.41, 5.74) is 3.64. The molecule has 5 aromatic rings. The summed E-state index contributed by atoms with van der Waals surface area (Å²) in [6.45, 7) is 0.412. The number of aromatic amines is 1. The third-order valence-electron chi connectivity index (χ3n) is 6.75. The van der Waals surface area contributed by atoms with E-state index < -0.39 is 18.3 Å². The van der Waals surface area contributed by atoms with E-state index in [-0.39, 0.29) is 5.75 Å². The highest BCUT2D eigenvalue weighted by molar-refractivity contribution is 6.31. The molecule has 1 unspecified atom stereocenters. The molecule has 41 heavy (non-hydrogen) atoms. The molecule has 0 radical (unpaired) electrons. The third-order valence-corrected chi connectivity index (χ3v) is 7.49. The second kappa shape index (κ2) is 11.4. The highest BCUT2D eigenvalue weighted by Gasteiger charge is 2.36. The highest BCUT2D eigenvalue weighted by atomic mass is 35.5. The van der Waals surface area contributed by atoms with E-state index in [0.29, 0.717) is 39.5 Å². The normalized spacial score (nSPS) is 14.4. The molecule has 0 saturated carbocycles. The van der Waals surface area contributed by atoms with Crippen LogP contribution in [-0.2, 0) is 6.42 Å². The monoisotopic (exact) mass is 606 g/mol. The zero-order valence-electron chi connectivity index (χ0n) is 21.3. The van der Waals surface area contributed by atoms with Gasteiger partial charge in [-0.2, -0.15) is 0 Å². The number of amides is 1. The molecule has 0 fully saturated rings. The lowest BCUT2D eigenvalue weighted by molar-refractivity contribution is 0.135. The summed E-state index contributed by atoms with van der Waals surface area (Å²) in [7, 11) is 0. The highest BCUT2D eigenvalue weighted by Crippen LogP contribution is 2.40. The Morgan fingerprint density at radius 1 is 0.707 bits per heavy atom. The van der Waals surface area contributed by atoms with Crippen LogP contribution in [0.4, 0.5) is 9.59 Å². The molecule has 1 aliphatic rings. The van der Waals surface area contributed by atoms with Gasteiger partial charge < -0.3 is 19.2 Å². The number of halogens is 3. The van der Waals surface area contributed by atoms with Crippen molar-refractivity contribution in [3.05, 3.63) is 123 Å². The van der Waals surface area contributed by atoms with Crippen molar-refractivity contribution in [2.24, 2.45) is 0 Å². The van der Waals surface area contributed by atoms with Gasteiger partial charge in [-0.05, 0) is 96.4 Å². The summed E-state index contributed by atoms with van der Waals surface area (Å²) in [6, 6.07) is 25.0. The molecule has 1 aromatic heterocycles. The van der Waals surface area contributed by atoms with Gasteiger partial charge in [0.05, 0.1) is 0 Å². The number of ether oxygens (including phenoxy) is 3. The van der Waals surface area contributed by atoms with E-state index in [1.54, 1.807) is 77.7 Å². The smallest absolute Gasteiger partial charge is 0.410 e. The van der Waals surface area contributed by atoms with Gasteiger partial charge in [0.1, 0.15) is 23.3 Å². The van der Waals surface area contributed by atoms with Crippen LogP contribution in [0.2, 0.25) is 15.1 Å². The van der Waals surface area contributed by atoms with Crippen molar-refractivity contribution in [3.63, 3.8) is 0 Å². The molecule has 1 aliphatic heterocycles. The molecule has 2 heterocycles. The van der Waals surface area contributed by atoms with Crippen LogP contribution in [0.5, 0.6) is 17.2 Å². The first-order chi connectivity index (χ1) is 19.8. The first kappa shape index (κ1) is 27.0. The first-order valence-corrected chi connectivity index (χ1v) is 13.8. The van der Waals surface area contributed by atoms with E-state index in [9.17, 15) is 9.59 Å². The fourth-order valence-corrected chi connectivity index (χ4v) is 5.32. The molecule has 0 spiro atoms. The van der Waals surface area contributed by atoms with E-state index in [4.69, 9.17) is 49.0 Å². The van der Waals surface area contributed by atoms with Crippen LogP contribution in [0, 0.1) is 0 Å². The number of nitrogens with zero attached hydrogens (tertiary/aromatic N) is 1. The molecule has 206 valence electrons. The average Bonchev–Trinajstić information content (AvgIpc) is 3.33. The fourth-order valence-electron chi connectivity index (χ4n) is 4.90. The standard InChI is InChI=1S/C31H21Cl3N2O5/c32-19-3-10-22(11-4-19)39-30(37)36-16-15-25-26-17-21(34)7-14-27(26)35-28(25)29(36)18-1-8-23(9-2-18)40-31(38)41-24-12-5-20(33)6-13-24/h1-14,17,29,35H,15-16H2. The van der Waals surface area contributed by atoms with Crippen LogP contribution in [0.1, 0.15) is 22.9 Å². The number of hydrogen-bond donors (Lipinski definition) is 1. The molecule has 4 aromatic carbocycles. The second-order valence-electron chi connectivity index (χ2n) is 9.35. The fraction of sp³-hybridized carbons (Fsp3) is 0.0968. The zero-order valence-corrected chi connectivity index (χ0v) is 23.5. The maximum Gasteiger partial charge on any atom is 0.519 e. The van der Waals surface area contributed by atoms with Gasteiger partial charge >= 0.3 is 12.2 Å². The third kappa shape index (κ3) is 5.84. The Hall–Kier alpha value is -4.17. The lowest BCUT2D eigenvalue weighted by Crippen LogP contribution is -2.42. The van der Waals surface area contributed by atoms with E-state index >= 15 is 0 Å². The van der Waals surface area contributed by atoms with Gasteiger partial charge in [-0.3, -0.25) is 4.90 Å². The number of nitrogens with one attached hydrogen (secondary N) is 1. The molecule has 0 saturated heterocycles. The molecule has 7 nitrogen and oxygen atoms in total. The number of H-pyrrole nitrogens is 1. The molecule has 1 atom stereocenters. The number of carbonyl (C=O) groups excluding carboxylic acids is 2. The molecule has 1 N–H and O–H groups in total. The summed E-state index contributed by atoms with van der Waals surface area (Å²) in [5.74, 6) is 0.970. The first-order valence-electron chi connectivity index (χ1n) is 12.6. The number of benzene rings is 4. The summed E-state index contributed by atoms with van der Waals surface area (Å²) >= 11 is 18.2. The van der Waals surface area contributed by atoms with Crippen LogP contribution in [0.3, 0.4) is 0 Å². The van der Waals surface area contributed by atoms with Crippen molar-refractivity contribution in [1.82, 2.24) is 9.88 Å². The molecule has 0 aliphatic carbocycles. The predicted molar refractivity (Wildman–Crippen MR) is 158 cm³/mol. The minimum absolute atomic E-state index is 0.280. The van der Waals surface area contributed by atoms with Crippen molar-refractivity contribution in [1.29, 1.82) is 0 Å². The second-order valence-corrected chi connectivity index (χ2v) is 10.7. The molecule has 0 bridgehead atoms. The van der Waals surface area contributed by atoms with Gasteiger partial charge in [0.25, 0.3) is 0 Å². The lowest BCUT2D eigenvalue weighted by atomic mass is 9.92. The van der Waals surface area contributed by atoms with Gasteiger partial charge in [0.15, 0.2) is 0 Å². The summed E-state index contributed by atoms with van der Waals surface area (Å²) in [6.07, 6.45) is -0.785. The van der Waals surface area contributed by atoms with Gasteiger partial charge in [-0.15, -0.1) is 0 Å². The molecule has 1 amide bonds. The minimum atomic E-state index is -0.888. The van der Waals surface area contributed by atoms with E-state index in [1.165, 1.54) is 0 Å². The Bertz CT molecular complexity index is 1740. The van der Waals surface area contributed by atoms with Crippen molar-refractivity contribution in [2.75, 3.05) is 6.54 Å². The number of aromatic nitrogens is 1. The summed E-state index contributed by atoms with van der Waals surface area (Å²) in [4.78, 5) is 30.9. The van der Waals surface area contributed by atoms with Crippen LogP contribution >= 0.6 is 34.8 Å². The van der Waals surface area contributed by atoms with Gasteiger partial charge in [-0.25, -0.2) is 9.59 Å². The van der Waals surface area contributed by atoms with E-state index in [1.807, 2.05) is 18.2 Å². The van der Waals surface area contributed by atoms with Crippen LogP contribution < -0.4 is 14.2 Å². The minimum Gasteiger partial charge on any atom is -0.410 e. The Morgan fingerprint density at radius 3 is 1.85 bits per heavy atom. The molecule has 6 rings (SSSR count). The average molecular weight is 608 g/mol. The zero-order chi connectivity index (χ0) is 28.5. The van der Waals surface area contributed by atoms with Crippen molar-refractivity contribution >= 4 is 58.0 Å². The largest absolute Gasteiger partial charge is 0.519 e. The molecular formula is C31H21Cl3N2O5. The number of rotatable bonds is 4. The Balaban J connectivity index is 1.29. The SMILES string of the molecule is O=C(Oc1ccc(Cl)cc1)Oc1ccc(C2c3[nH]c4ccc(Cl)cc4c3CCN2C(=O)Oc2ccc(Cl)cc2)cc1. The predicted octanol–water partition coefficient (Wildman–Crippen LogP) is 8.85. The molecule has 10 heteroatoms. The van der Waals surface area contributed by atoms with Crippen molar-refractivity contribution in [3.8, 4) is 17.2 Å². The molecular weight excluding hydrogens is 587 g/mol. The summed E-state index contributed by atoms with van der Waals surface area (Å²) < 4.78 is 16.3. The van der Waals surface area contributed by atoms with Gasteiger partial charge in [0.2, 0.25) is 0 Å². The maximum absolute atomic E-state index is 13.5. The number of carbonyl (C=O) groups is 2. The van der Waals surface area contributed by atoms with Crippen LogP contribution in [-0.4, -0.2) is 28.7 Å². The van der Waals surface area contributed by atoms with E-state index in [2.05, 4.69) is 4.98 Å². The van der Waals surface area contributed by atoms with Crippen LogP contribution in [0.15, 0.2) is 91.0 Å². The van der Waals surface area contributed by atoms with Crippen molar-refractivity contribution < 1.29 is 23.8 Å². The quantitative estimate of drug-likeness (QED) is 0.163. The number of fused-ring (bicyclic) bond motifs is 3. The Labute approximate surface area is 250 Å². The summed E-state index contributed by atoms with van der Waals surface area (Å²) in [5, 5.41) is 2.71. The topological polar surface area (TPSA) is 80.9 Å². The van der Waals surface area contributed by atoms with Gasteiger partial charge in [-0.1, -0.05) is 46.9 Å². The van der Waals surface area contributed by atoms with Crippen molar-refractivity contribution in [2.45, 2.75) is 12.5 Å². The van der Waals surface area contributed by atoms with E-state index in [0.717, 1.165) is 27.7 Å².